The molecule has 1 saturated heterocycles. The Bertz CT molecular complexity index is 1240. The number of phenolic OH excluding ortho intramolecular Hbond substituents is 2. The summed E-state index contributed by atoms with van der Waals surface area (Å²) in [5, 5.41) is 38.3. The van der Waals surface area contributed by atoms with Crippen LogP contribution in [0.5, 0.6) is 11.5 Å². The standard InChI is InChI=1S/C26H30N4O5/c1-15(2)20-12-21(23(33)13-22(20)32)25-28-27-24(16(3)31)30(25)19-6-4-17(5-7-19)14-29-10-8-18(9-11-29)26(34)35/h4-7,12-13,15,18,32-33H,8-11,14H2,1-3H3,(H,34,35). The van der Waals surface area contributed by atoms with E-state index in [1.807, 2.05) is 38.1 Å². The first-order chi connectivity index (χ1) is 16.7. The Hall–Kier alpha value is -3.72. The number of aromatic hydroxyl groups is 2. The molecular weight excluding hydrogens is 448 g/mol. The molecule has 0 spiro atoms. The normalized spacial score (nSPS) is 15.0. The predicted octanol–water partition coefficient (Wildman–Crippen LogP) is 3.97. The zero-order valence-electron chi connectivity index (χ0n) is 20.1. The summed E-state index contributed by atoms with van der Waals surface area (Å²) in [6.45, 7) is 7.46. The van der Waals surface area contributed by atoms with Gasteiger partial charge in [0.15, 0.2) is 11.6 Å². The van der Waals surface area contributed by atoms with E-state index in [-0.39, 0.29) is 34.9 Å². The van der Waals surface area contributed by atoms with E-state index >= 15 is 0 Å². The molecule has 0 unspecified atom stereocenters. The van der Waals surface area contributed by atoms with Crippen LogP contribution in [0.1, 0.15) is 61.3 Å². The average molecular weight is 479 g/mol. The first-order valence-electron chi connectivity index (χ1n) is 11.7. The minimum Gasteiger partial charge on any atom is -0.508 e. The van der Waals surface area contributed by atoms with E-state index in [1.165, 1.54) is 13.0 Å². The van der Waals surface area contributed by atoms with E-state index in [4.69, 9.17) is 0 Å². The molecule has 3 aromatic rings. The quantitative estimate of drug-likeness (QED) is 0.435. The molecule has 35 heavy (non-hydrogen) atoms. The Balaban J connectivity index is 1.65. The highest BCUT2D eigenvalue weighted by molar-refractivity contribution is 5.92. The number of Topliss-reactive ketones (excluding diaryl/α,β-unsaturated/α-hetero) is 1. The van der Waals surface area contributed by atoms with Crippen LogP contribution in [0.15, 0.2) is 36.4 Å². The highest BCUT2D eigenvalue weighted by Gasteiger charge is 2.25. The molecule has 0 atom stereocenters. The maximum absolute atomic E-state index is 12.3. The summed E-state index contributed by atoms with van der Waals surface area (Å²) >= 11 is 0. The van der Waals surface area contributed by atoms with E-state index in [0.717, 1.165) is 18.7 Å². The second-order valence-electron chi connectivity index (χ2n) is 9.38. The second kappa shape index (κ2) is 9.87. The van der Waals surface area contributed by atoms with Crippen molar-refractivity contribution in [3.8, 4) is 28.6 Å². The average Bonchev–Trinajstić information content (AvgIpc) is 3.25. The third-order valence-electron chi connectivity index (χ3n) is 6.52. The van der Waals surface area contributed by atoms with Crippen molar-refractivity contribution in [3.63, 3.8) is 0 Å². The number of carbonyl (C=O) groups is 2. The van der Waals surface area contributed by atoms with Crippen molar-refractivity contribution in [2.24, 2.45) is 5.92 Å². The molecule has 4 rings (SSSR count). The molecule has 0 amide bonds. The summed E-state index contributed by atoms with van der Waals surface area (Å²) in [7, 11) is 0. The van der Waals surface area contributed by atoms with Gasteiger partial charge in [-0.1, -0.05) is 26.0 Å². The van der Waals surface area contributed by atoms with Crippen LogP contribution in [-0.2, 0) is 11.3 Å². The van der Waals surface area contributed by atoms with Crippen LogP contribution in [0.25, 0.3) is 17.1 Å². The summed E-state index contributed by atoms with van der Waals surface area (Å²) in [6.07, 6.45) is 1.29. The van der Waals surface area contributed by atoms with Gasteiger partial charge in [-0.05, 0) is 61.2 Å². The number of carbonyl (C=O) groups excluding carboxylic acids is 1. The van der Waals surface area contributed by atoms with Gasteiger partial charge in [0, 0.05) is 25.2 Å². The Kier molecular flexibility index (Phi) is 6.88. The van der Waals surface area contributed by atoms with Gasteiger partial charge < -0.3 is 15.3 Å². The van der Waals surface area contributed by atoms with Crippen LogP contribution in [0, 0.1) is 5.92 Å². The molecule has 2 aromatic carbocycles. The number of aliphatic carboxylic acids is 1. The highest BCUT2D eigenvalue weighted by atomic mass is 16.4. The number of likely N-dealkylation sites (tertiary alicyclic amines) is 1. The van der Waals surface area contributed by atoms with Gasteiger partial charge in [0.25, 0.3) is 0 Å². The molecular formula is C26H30N4O5. The molecule has 0 saturated carbocycles. The van der Waals surface area contributed by atoms with Gasteiger partial charge in [-0.25, -0.2) is 0 Å². The van der Waals surface area contributed by atoms with Crippen molar-refractivity contribution in [1.82, 2.24) is 19.7 Å². The van der Waals surface area contributed by atoms with Crippen LogP contribution in [0.2, 0.25) is 0 Å². The van der Waals surface area contributed by atoms with Gasteiger partial charge in [0.1, 0.15) is 11.5 Å². The lowest BCUT2D eigenvalue weighted by atomic mass is 9.97. The van der Waals surface area contributed by atoms with E-state index in [0.29, 0.717) is 42.0 Å². The number of carboxylic acid groups (broad SMARTS) is 1. The highest BCUT2D eigenvalue weighted by Crippen LogP contribution is 2.38. The Morgan fingerprint density at radius 3 is 2.26 bits per heavy atom. The van der Waals surface area contributed by atoms with Crippen molar-refractivity contribution < 1.29 is 24.9 Å². The molecule has 1 fully saturated rings. The fourth-order valence-electron chi connectivity index (χ4n) is 4.51. The molecule has 9 heteroatoms. The lowest BCUT2D eigenvalue weighted by Crippen LogP contribution is -2.35. The number of carboxylic acids is 1. The number of phenols is 2. The van der Waals surface area contributed by atoms with Crippen molar-refractivity contribution in [3.05, 3.63) is 53.3 Å². The summed E-state index contributed by atoms with van der Waals surface area (Å²) in [5.41, 5.74) is 2.76. The lowest BCUT2D eigenvalue weighted by molar-refractivity contribution is -0.143. The monoisotopic (exact) mass is 478 g/mol. The van der Waals surface area contributed by atoms with Crippen LogP contribution in [0.4, 0.5) is 0 Å². The van der Waals surface area contributed by atoms with Gasteiger partial charge in [-0.2, -0.15) is 0 Å². The summed E-state index contributed by atoms with van der Waals surface area (Å²) < 4.78 is 1.61. The molecule has 3 N–H and O–H groups in total. The topological polar surface area (TPSA) is 129 Å². The van der Waals surface area contributed by atoms with Gasteiger partial charge in [0.2, 0.25) is 5.82 Å². The van der Waals surface area contributed by atoms with E-state index in [1.54, 1.807) is 10.6 Å². The molecule has 1 aromatic heterocycles. The number of piperidine rings is 1. The van der Waals surface area contributed by atoms with E-state index in [9.17, 15) is 24.9 Å². The minimum absolute atomic E-state index is 0.00384. The lowest BCUT2D eigenvalue weighted by Gasteiger charge is -2.30. The second-order valence-corrected chi connectivity index (χ2v) is 9.38. The Morgan fingerprint density at radius 1 is 1.03 bits per heavy atom. The van der Waals surface area contributed by atoms with E-state index in [2.05, 4.69) is 15.1 Å². The third kappa shape index (κ3) is 5.05. The Morgan fingerprint density at radius 2 is 1.69 bits per heavy atom. The van der Waals surface area contributed by atoms with Gasteiger partial charge >= 0.3 is 5.97 Å². The van der Waals surface area contributed by atoms with Crippen molar-refractivity contribution in [2.75, 3.05) is 13.1 Å². The zero-order chi connectivity index (χ0) is 25.3. The van der Waals surface area contributed by atoms with Gasteiger partial charge in [0.05, 0.1) is 11.5 Å². The first-order valence-corrected chi connectivity index (χ1v) is 11.7. The van der Waals surface area contributed by atoms with Crippen LogP contribution in [-0.4, -0.2) is 59.8 Å². The maximum atomic E-state index is 12.3. The number of rotatable bonds is 7. The number of hydrogen-bond acceptors (Lipinski definition) is 7. The third-order valence-corrected chi connectivity index (χ3v) is 6.52. The summed E-state index contributed by atoms with van der Waals surface area (Å²) in [4.78, 5) is 25.7. The molecule has 184 valence electrons. The van der Waals surface area contributed by atoms with Gasteiger partial charge in [-0.15, -0.1) is 10.2 Å². The smallest absolute Gasteiger partial charge is 0.306 e. The Labute approximate surface area is 203 Å². The minimum atomic E-state index is -0.722. The van der Waals surface area contributed by atoms with Crippen LogP contribution >= 0.6 is 0 Å². The molecule has 1 aliphatic rings. The number of nitrogens with zero attached hydrogens (tertiary/aromatic N) is 4. The predicted molar refractivity (Wildman–Crippen MR) is 130 cm³/mol. The number of ketones is 1. The van der Waals surface area contributed by atoms with Crippen molar-refractivity contribution in [1.29, 1.82) is 0 Å². The molecule has 0 bridgehead atoms. The largest absolute Gasteiger partial charge is 0.508 e. The fourth-order valence-corrected chi connectivity index (χ4v) is 4.51. The molecule has 0 aliphatic carbocycles. The number of hydrogen-bond donors (Lipinski definition) is 3. The summed E-state index contributed by atoms with van der Waals surface area (Å²) in [5.74, 6) is -0.958. The zero-order valence-corrected chi connectivity index (χ0v) is 20.1. The maximum Gasteiger partial charge on any atom is 0.306 e. The van der Waals surface area contributed by atoms with Gasteiger partial charge in [-0.3, -0.25) is 19.1 Å². The molecule has 1 aliphatic heterocycles. The fraction of sp³-hybridized carbons (Fsp3) is 0.385. The number of aromatic nitrogens is 3. The van der Waals surface area contributed by atoms with Crippen molar-refractivity contribution >= 4 is 11.8 Å². The molecule has 0 radical (unpaired) electrons. The number of benzene rings is 2. The van der Waals surface area contributed by atoms with Crippen molar-refractivity contribution in [2.45, 2.75) is 46.1 Å². The van der Waals surface area contributed by atoms with E-state index < -0.39 is 5.97 Å². The SMILES string of the molecule is CC(=O)c1nnc(-c2cc(C(C)C)c(O)cc2O)n1-c1ccc(CN2CCC(C(=O)O)CC2)cc1. The van der Waals surface area contributed by atoms with Crippen LogP contribution < -0.4 is 0 Å². The summed E-state index contributed by atoms with van der Waals surface area (Å²) in [6, 6.07) is 10.6. The first kappa shape index (κ1) is 24.4. The molecule has 2 heterocycles. The van der Waals surface area contributed by atoms with Crippen LogP contribution in [0.3, 0.4) is 0 Å². The molecule has 9 nitrogen and oxygen atoms in total.